The molecule has 0 spiro atoms. The summed E-state index contributed by atoms with van der Waals surface area (Å²) in [7, 11) is 3.75. The first-order valence-electron chi connectivity index (χ1n) is 4.02. The van der Waals surface area contributed by atoms with Crippen LogP contribution in [0.1, 0.15) is 6.92 Å². The van der Waals surface area contributed by atoms with Gasteiger partial charge in [0, 0.05) is 6.61 Å². The molecule has 2 nitrogen and oxygen atoms in total. The molecule has 12 heavy (non-hydrogen) atoms. The second kappa shape index (κ2) is 16.6. The zero-order chi connectivity index (χ0) is 9.66. The van der Waals surface area contributed by atoms with Crippen LogP contribution in [-0.4, -0.2) is 25.8 Å². The van der Waals surface area contributed by atoms with Gasteiger partial charge >= 0.3 is 0 Å². The van der Waals surface area contributed by atoms with Crippen molar-refractivity contribution in [2.75, 3.05) is 20.7 Å². The van der Waals surface area contributed by atoms with Crippen molar-refractivity contribution < 1.29 is 5.11 Å². The van der Waals surface area contributed by atoms with Crippen LogP contribution in [0, 0.1) is 0 Å². The van der Waals surface area contributed by atoms with E-state index in [0.29, 0.717) is 0 Å². The normalized spacial score (nSPS) is 7.00. The van der Waals surface area contributed by atoms with E-state index >= 15 is 0 Å². The first-order valence-corrected chi connectivity index (χ1v) is 4.02. The fourth-order valence-corrected chi connectivity index (χ4v) is 0.385. The van der Waals surface area contributed by atoms with Crippen LogP contribution in [0.3, 0.4) is 0 Å². The maximum Gasteiger partial charge on any atom is 0.0402 e. The zero-order valence-electron chi connectivity index (χ0n) is 8.12. The van der Waals surface area contributed by atoms with Crippen molar-refractivity contribution in [2.24, 2.45) is 0 Å². The highest BCUT2D eigenvalue weighted by atomic mass is 16.2. The average Bonchev–Trinajstić information content (AvgIpc) is 2.10. The molecule has 0 aliphatic heterocycles. The van der Waals surface area contributed by atoms with Gasteiger partial charge < -0.3 is 10.4 Å². The van der Waals surface area contributed by atoms with Crippen molar-refractivity contribution >= 4 is 0 Å². The molecule has 2 heteroatoms. The SMILES string of the molecule is CCO.CNC.c1ccccc1. The van der Waals surface area contributed by atoms with Gasteiger partial charge in [0.15, 0.2) is 0 Å². The van der Waals surface area contributed by atoms with E-state index < -0.39 is 0 Å². The number of hydrogen-bond donors (Lipinski definition) is 2. The molecule has 0 radical (unpaired) electrons. The number of benzene rings is 1. The molecular weight excluding hydrogens is 150 g/mol. The molecule has 0 aliphatic carbocycles. The number of hydrogen-bond acceptors (Lipinski definition) is 2. The lowest BCUT2D eigenvalue weighted by Crippen LogP contribution is -1.89. The van der Waals surface area contributed by atoms with Gasteiger partial charge in [-0.25, -0.2) is 0 Å². The summed E-state index contributed by atoms with van der Waals surface area (Å²) in [6.45, 7) is 1.93. The molecule has 1 aromatic carbocycles. The van der Waals surface area contributed by atoms with E-state index in [1.807, 2.05) is 50.5 Å². The summed E-state index contributed by atoms with van der Waals surface area (Å²) in [5.41, 5.74) is 0. The van der Waals surface area contributed by atoms with Crippen LogP contribution in [0.4, 0.5) is 0 Å². The summed E-state index contributed by atoms with van der Waals surface area (Å²) in [6.07, 6.45) is 0. The molecule has 0 aromatic heterocycles. The lowest BCUT2D eigenvalue weighted by atomic mass is 10.4. The van der Waals surface area contributed by atoms with Crippen LogP contribution < -0.4 is 5.32 Å². The third kappa shape index (κ3) is 22.9. The predicted molar refractivity (Wildman–Crippen MR) is 54.2 cm³/mol. The highest BCUT2D eigenvalue weighted by molar-refractivity contribution is 4.99. The minimum atomic E-state index is 0.250. The van der Waals surface area contributed by atoms with Crippen LogP contribution in [0.2, 0.25) is 0 Å². The molecule has 1 aromatic rings. The molecule has 0 fully saturated rings. The highest BCUT2D eigenvalue weighted by Gasteiger charge is 1.57. The van der Waals surface area contributed by atoms with E-state index in [0.717, 1.165) is 0 Å². The van der Waals surface area contributed by atoms with Crippen LogP contribution in [0.5, 0.6) is 0 Å². The van der Waals surface area contributed by atoms with Crippen molar-refractivity contribution in [1.82, 2.24) is 5.32 Å². The van der Waals surface area contributed by atoms with Crippen LogP contribution in [0.25, 0.3) is 0 Å². The summed E-state index contributed by atoms with van der Waals surface area (Å²) >= 11 is 0. The molecule has 0 aliphatic rings. The summed E-state index contributed by atoms with van der Waals surface area (Å²) in [5, 5.41) is 10.3. The monoisotopic (exact) mass is 169 g/mol. The van der Waals surface area contributed by atoms with E-state index in [9.17, 15) is 0 Å². The molecule has 0 atom stereocenters. The molecule has 0 heterocycles. The first kappa shape index (κ1) is 13.7. The Kier molecular flexibility index (Phi) is 19.0. The summed E-state index contributed by atoms with van der Waals surface area (Å²) in [5.74, 6) is 0. The van der Waals surface area contributed by atoms with Gasteiger partial charge in [0.05, 0.1) is 0 Å². The minimum absolute atomic E-state index is 0.250. The van der Waals surface area contributed by atoms with E-state index in [4.69, 9.17) is 5.11 Å². The number of nitrogens with one attached hydrogen (secondary N) is 1. The number of aliphatic hydroxyl groups is 1. The Labute approximate surface area is 75.2 Å². The lowest BCUT2D eigenvalue weighted by Gasteiger charge is -1.69. The standard InChI is InChI=1S/C6H6.C2H7N.C2H6O/c1-2-4-6-5-3-1;1-3-2;1-2-3/h1-6H;3H,1-2H3;3H,2H2,1H3. The van der Waals surface area contributed by atoms with Crippen molar-refractivity contribution in [2.45, 2.75) is 6.92 Å². The van der Waals surface area contributed by atoms with Crippen molar-refractivity contribution in [1.29, 1.82) is 0 Å². The zero-order valence-corrected chi connectivity index (χ0v) is 8.12. The Hall–Kier alpha value is -0.860. The van der Waals surface area contributed by atoms with Crippen molar-refractivity contribution in [3.05, 3.63) is 36.4 Å². The Balaban J connectivity index is 0. The fraction of sp³-hybridized carbons (Fsp3) is 0.400. The maximum absolute atomic E-state index is 7.57. The number of aliphatic hydroxyl groups excluding tert-OH is 1. The van der Waals surface area contributed by atoms with E-state index in [1.54, 1.807) is 6.92 Å². The van der Waals surface area contributed by atoms with Gasteiger partial charge in [-0.05, 0) is 21.0 Å². The van der Waals surface area contributed by atoms with Gasteiger partial charge in [-0.2, -0.15) is 0 Å². The van der Waals surface area contributed by atoms with Crippen LogP contribution in [-0.2, 0) is 0 Å². The van der Waals surface area contributed by atoms with Gasteiger partial charge in [0.1, 0.15) is 0 Å². The highest BCUT2D eigenvalue weighted by Crippen LogP contribution is 1.79. The van der Waals surface area contributed by atoms with Gasteiger partial charge in [-0.1, -0.05) is 36.4 Å². The molecule has 0 saturated heterocycles. The van der Waals surface area contributed by atoms with Gasteiger partial charge in [0.2, 0.25) is 0 Å². The first-order chi connectivity index (χ1) is 5.83. The second-order valence-electron chi connectivity index (χ2n) is 1.97. The summed E-state index contributed by atoms with van der Waals surface area (Å²) in [6, 6.07) is 12.0. The van der Waals surface area contributed by atoms with Crippen LogP contribution >= 0.6 is 0 Å². The quantitative estimate of drug-likeness (QED) is 0.617. The van der Waals surface area contributed by atoms with Crippen LogP contribution in [0.15, 0.2) is 36.4 Å². The Bertz CT molecular complexity index is 102. The molecule has 0 bridgehead atoms. The number of rotatable bonds is 0. The van der Waals surface area contributed by atoms with Gasteiger partial charge in [-0.15, -0.1) is 0 Å². The molecule has 2 N–H and O–H groups in total. The molecular formula is C10H19NO. The predicted octanol–water partition coefficient (Wildman–Crippen LogP) is 1.52. The topological polar surface area (TPSA) is 32.3 Å². The fourth-order valence-electron chi connectivity index (χ4n) is 0.385. The Morgan fingerprint density at radius 1 is 0.917 bits per heavy atom. The van der Waals surface area contributed by atoms with Crippen molar-refractivity contribution in [3.63, 3.8) is 0 Å². The molecule has 0 amide bonds. The smallest absolute Gasteiger partial charge is 0.0402 e. The maximum atomic E-state index is 7.57. The molecule has 1 rings (SSSR count). The summed E-state index contributed by atoms with van der Waals surface area (Å²) in [4.78, 5) is 0. The molecule has 0 unspecified atom stereocenters. The second-order valence-corrected chi connectivity index (χ2v) is 1.97. The summed E-state index contributed by atoms with van der Waals surface area (Å²) < 4.78 is 0. The molecule has 0 saturated carbocycles. The van der Waals surface area contributed by atoms with Gasteiger partial charge in [0.25, 0.3) is 0 Å². The van der Waals surface area contributed by atoms with Crippen molar-refractivity contribution in [3.8, 4) is 0 Å². The van der Waals surface area contributed by atoms with E-state index in [-0.39, 0.29) is 6.61 Å². The average molecular weight is 169 g/mol. The van der Waals surface area contributed by atoms with Gasteiger partial charge in [-0.3, -0.25) is 0 Å². The minimum Gasteiger partial charge on any atom is -0.397 e. The molecule has 70 valence electrons. The van der Waals surface area contributed by atoms with E-state index in [2.05, 4.69) is 5.32 Å². The largest absolute Gasteiger partial charge is 0.397 e. The Morgan fingerprint density at radius 2 is 1.00 bits per heavy atom. The third-order valence-corrected chi connectivity index (χ3v) is 0.667. The Morgan fingerprint density at radius 3 is 1.08 bits per heavy atom. The lowest BCUT2D eigenvalue weighted by molar-refractivity contribution is 0.318. The third-order valence-electron chi connectivity index (χ3n) is 0.667. The van der Waals surface area contributed by atoms with E-state index in [1.165, 1.54) is 0 Å².